The van der Waals surface area contributed by atoms with E-state index in [4.69, 9.17) is 9.47 Å². The fraction of sp³-hybridized carbons (Fsp3) is 0.318. The van der Waals surface area contributed by atoms with Crippen LogP contribution in [-0.4, -0.2) is 61.6 Å². The Bertz CT molecular complexity index is 1100. The number of fused-ring (bicyclic) bond motifs is 2. The molecule has 0 aliphatic carbocycles. The van der Waals surface area contributed by atoms with Crippen molar-refractivity contribution in [2.24, 2.45) is 5.16 Å². The summed E-state index contributed by atoms with van der Waals surface area (Å²) in [5.41, 5.74) is 1.98. The van der Waals surface area contributed by atoms with Crippen LogP contribution in [0.15, 0.2) is 35.5 Å². The molecule has 2 aliphatic rings. The number of likely N-dealkylation sites (N-methyl/N-ethyl adjacent to an activating group) is 1. The summed E-state index contributed by atoms with van der Waals surface area (Å²) in [7, 11) is 3.81. The molecule has 0 saturated carbocycles. The number of amides is 2. The van der Waals surface area contributed by atoms with Crippen LogP contribution in [0.4, 0.5) is 10.1 Å². The van der Waals surface area contributed by atoms with Crippen LogP contribution in [0.1, 0.15) is 27.0 Å². The van der Waals surface area contributed by atoms with Gasteiger partial charge in [0.15, 0.2) is 12.5 Å². The molecular formula is C22H23FN4O5. The van der Waals surface area contributed by atoms with Crippen LogP contribution < -0.4 is 15.0 Å². The summed E-state index contributed by atoms with van der Waals surface area (Å²) in [6.45, 7) is 1.33. The Morgan fingerprint density at radius 2 is 2.12 bits per heavy atom. The number of carbonyl (C=O) groups is 2. The maximum atomic E-state index is 14.2. The zero-order valence-corrected chi connectivity index (χ0v) is 17.7. The number of nitrogens with zero attached hydrogens (tertiary/aromatic N) is 3. The minimum absolute atomic E-state index is 0.0246. The van der Waals surface area contributed by atoms with Gasteiger partial charge in [0.05, 0.1) is 18.8 Å². The Labute approximate surface area is 184 Å². The van der Waals surface area contributed by atoms with Crippen LogP contribution >= 0.6 is 0 Å². The molecule has 0 unspecified atom stereocenters. The molecule has 0 saturated heterocycles. The molecule has 2 N–H and O–H groups in total. The first kappa shape index (κ1) is 21.7. The van der Waals surface area contributed by atoms with E-state index in [2.05, 4.69) is 10.5 Å². The second kappa shape index (κ2) is 8.93. The fourth-order valence-electron chi connectivity index (χ4n) is 3.74. The lowest BCUT2D eigenvalue weighted by Crippen LogP contribution is -2.32. The Kier molecular flexibility index (Phi) is 6.06. The molecule has 0 radical (unpaired) electrons. The highest BCUT2D eigenvalue weighted by Gasteiger charge is 2.36. The highest BCUT2D eigenvalue weighted by molar-refractivity contribution is 6.54. The molecule has 9 nitrogen and oxygen atoms in total. The van der Waals surface area contributed by atoms with Crippen molar-refractivity contribution >= 4 is 23.2 Å². The van der Waals surface area contributed by atoms with E-state index in [1.807, 2.05) is 19.0 Å². The third-order valence-electron chi connectivity index (χ3n) is 5.28. The number of benzene rings is 2. The third-order valence-corrected chi connectivity index (χ3v) is 5.28. The molecule has 2 amide bonds. The van der Waals surface area contributed by atoms with Gasteiger partial charge in [0, 0.05) is 35.3 Å². The predicted octanol–water partition coefficient (Wildman–Crippen LogP) is 1.71. The first-order chi connectivity index (χ1) is 15.4. The van der Waals surface area contributed by atoms with Gasteiger partial charge in [-0.3, -0.25) is 9.59 Å². The van der Waals surface area contributed by atoms with Gasteiger partial charge >= 0.3 is 0 Å². The van der Waals surface area contributed by atoms with Crippen LogP contribution in [0.25, 0.3) is 0 Å². The van der Waals surface area contributed by atoms with Gasteiger partial charge in [-0.2, -0.15) is 0 Å². The standard InChI is InChI=1S/C22H23FN4O5/c1-26(2)6-5-24-21(28)13-3-4-17-18(9-13)27(22(29)19(17)25-30)10-14-7-16(23)8-15-11-31-12-32-20(14)15/h3-4,7-9,30H,5-6,10-12H2,1-2H3,(H,24,28)/b25-19-. The summed E-state index contributed by atoms with van der Waals surface area (Å²) in [6, 6.07) is 7.31. The molecule has 2 aromatic carbocycles. The Hall–Kier alpha value is -3.50. The monoisotopic (exact) mass is 442 g/mol. The van der Waals surface area contributed by atoms with E-state index in [0.29, 0.717) is 46.8 Å². The van der Waals surface area contributed by atoms with Crippen molar-refractivity contribution in [2.45, 2.75) is 13.2 Å². The van der Waals surface area contributed by atoms with Crippen molar-refractivity contribution in [1.82, 2.24) is 10.2 Å². The molecule has 0 spiro atoms. The molecule has 0 aromatic heterocycles. The summed E-state index contributed by atoms with van der Waals surface area (Å²) < 4.78 is 24.9. The number of halogens is 1. The first-order valence-electron chi connectivity index (χ1n) is 10.0. The number of rotatable bonds is 6. The van der Waals surface area contributed by atoms with Gasteiger partial charge < -0.3 is 29.8 Å². The van der Waals surface area contributed by atoms with Crippen molar-refractivity contribution in [1.29, 1.82) is 0 Å². The Morgan fingerprint density at radius 1 is 1.31 bits per heavy atom. The number of oxime groups is 1. The SMILES string of the molecule is CN(C)CCNC(=O)c1ccc2c(c1)N(Cc1cc(F)cc3c1OCOC3)C(=O)/C2=N\O. The van der Waals surface area contributed by atoms with Gasteiger partial charge in [-0.15, -0.1) is 0 Å². The van der Waals surface area contributed by atoms with Crippen LogP contribution in [0, 0.1) is 5.82 Å². The molecule has 10 heteroatoms. The number of nitrogens with one attached hydrogen (secondary N) is 1. The van der Waals surface area contributed by atoms with Gasteiger partial charge in [0.25, 0.3) is 11.8 Å². The average molecular weight is 442 g/mol. The van der Waals surface area contributed by atoms with Gasteiger partial charge in [-0.1, -0.05) is 5.16 Å². The van der Waals surface area contributed by atoms with E-state index in [1.165, 1.54) is 17.0 Å². The summed E-state index contributed by atoms with van der Waals surface area (Å²) in [6.07, 6.45) is 0. The lowest BCUT2D eigenvalue weighted by molar-refractivity contribution is -0.112. The summed E-state index contributed by atoms with van der Waals surface area (Å²) in [4.78, 5) is 28.8. The van der Waals surface area contributed by atoms with Crippen LogP contribution in [0.5, 0.6) is 5.75 Å². The van der Waals surface area contributed by atoms with Crippen molar-refractivity contribution < 1.29 is 28.7 Å². The Balaban J connectivity index is 1.66. The van der Waals surface area contributed by atoms with E-state index < -0.39 is 11.7 Å². The third kappa shape index (κ3) is 4.14. The predicted molar refractivity (Wildman–Crippen MR) is 114 cm³/mol. The number of ether oxygens (including phenoxy) is 2. The summed E-state index contributed by atoms with van der Waals surface area (Å²) >= 11 is 0. The molecule has 0 atom stereocenters. The minimum Gasteiger partial charge on any atom is -0.467 e. The molecule has 0 bridgehead atoms. The quantitative estimate of drug-likeness (QED) is 0.522. The molecule has 2 aromatic rings. The van der Waals surface area contributed by atoms with E-state index in [-0.39, 0.29) is 31.6 Å². The highest BCUT2D eigenvalue weighted by atomic mass is 19.1. The maximum Gasteiger partial charge on any atom is 0.281 e. The number of anilines is 1. The zero-order valence-electron chi connectivity index (χ0n) is 17.7. The summed E-state index contributed by atoms with van der Waals surface area (Å²) in [5.74, 6) is -0.874. The van der Waals surface area contributed by atoms with Crippen LogP contribution in [0.3, 0.4) is 0 Å². The van der Waals surface area contributed by atoms with Gasteiger partial charge in [-0.25, -0.2) is 4.39 Å². The van der Waals surface area contributed by atoms with Crippen molar-refractivity contribution in [3.63, 3.8) is 0 Å². The highest BCUT2D eigenvalue weighted by Crippen LogP contribution is 2.36. The normalized spacial score (nSPS) is 16.2. The lowest BCUT2D eigenvalue weighted by atomic mass is 10.1. The second-order valence-corrected chi connectivity index (χ2v) is 7.79. The van der Waals surface area contributed by atoms with Crippen molar-refractivity contribution in [2.75, 3.05) is 38.9 Å². The topological polar surface area (TPSA) is 104 Å². The van der Waals surface area contributed by atoms with Crippen LogP contribution in [-0.2, 0) is 22.7 Å². The van der Waals surface area contributed by atoms with E-state index >= 15 is 0 Å². The molecule has 168 valence electrons. The van der Waals surface area contributed by atoms with Crippen molar-refractivity contribution in [3.05, 3.63) is 58.4 Å². The molecular weight excluding hydrogens is 419 g/mol. The zero-order chi connectivity index (χ0) is 22.8. The fourth-order valence-corrected chi connectivity index (χ4v) is 3.74. The number of carbonyl (C=O) groups excluding carboxylic acids is 2. The summed E-state index contributed by atoms with van der Waals surface area (Å²) in [5, 5.41) is 15.4. The minimum atomic E-state index is -0.558. The van der Waals surface area contributed by atoms with Crippen LogP contribution in [0.2, 0.25) is 0 Å². The number of hydrogen-bond acceptors (Lipinski definition) is 7. The molecule has 2 aliphatic heterocycles. The molecule has 32 heavy (non-hydrogen) atoms. The number of hydrogen-bond donors (Lipinski definition) is 2. The molecule has 4 rings (SSSR count). The Morgan fingerprint density at radius 3 is 2.88 bits per heavy atom. The smallest absolute Gasteiger partial charge is 0.281 e. The first-order valence-corrected chi connectivity index (χ1v) is 10.0. The van der Waals surface area contributed by atoms with Crippen molar-refractivity contribution in [3.8, 4) is 5.75 Å². The molecule has 2 heterocycles. The van der Waals surface area contributed by atoms with Gasteiger partial charge in [-0.05, 0) is 44.4 Å². The molecule has 0 fully saturated rings. The average Bonchev–Trinajstić information content (AvgIpc) is 3.03. The van der Waals surface area contributed by atoms with Gasteiger partial charge in [0.1, 0.15) is 11.6 Å². The van der Waals surface area contributed by atoms with E-state index in [1.54, 1.807) is 18.2 Å². The second-order valence-electron chi connectivity index (χ2n) is 7.79. The lowest BCUT2D eigenvalue weighted by Gasteiger charge is -2.24. The maximum absolute atomic E-state index is 14.2. The van der Waals surface area contributed by atoms with E-state index in [9.17, 15) is 19.2 Å². The largest absolute Gasteiger partial charge is 0.467 e. The van der Waals surface area contributed by atoms with Gasteiger partial charge in [0.2, 0.25) is 0 Å². The van der Waals surface area contributed by atoms with E-state index in [0.717, 1.165) is 0 Å².